The van der Waals surface area contributed by atoms with Gasteiger partial charge in [0.25, 0.3) is 0 Å². The van der Waals surface area contributed by atoms with Crippen LogP contribution in [0.3, 0.4) is 0 Å². The van der Waals surface area contributed by atoms with Crippen LogP contribution in [0.25, 0.3) is 0 Å². The van der Waals surface area contributed by atoms with E-state index in [2.05, 4.69) is 44.5 Å². The number of carbonyl (C=O) groups is 3. The summed E-state index contributed by atoms with van der Waals surface area (Å²) in [6, 6.07) is 20.9. The van der Waals surface area contributed by atoms with Crippen molar-refractivity contribution in [1.82, 2.24) is 5.32 Å². The van der Waals surface area contributed by atoms with E-state index in [-0.39, 0.29) is 24.9 Å². The van der Waals surface area contributed by atoms with Gasteiger partial charge in [-0.05, 0) is 53.9 Å². The summed E-state index contributed by atoms with van der Waals surface area (Å²) < 4.78 is 25.0. The summed E-state index contributed by atoms with van der Waals surface area (Å²) in [6.07, 6.45) is -1.11. The van der Waals surface area contributed by atoms with Crippen molar-refractivity contribution in [3.8, 4) is 0 Å². The quantitative estimate of drug-likeness (QED) is 0.439. The van der Waals surface area contributed by atoms with E-state index in [0.717, 1.165) is 35.6 Å². The van der Waals surface area contributed by atoms with E-state index in [0.29, 0.717) is 30.9 Å². The number of ether oxygens (including phenoxy) is 2. The second kappa shape index (κ2) is 11.6. The van der Waals surface area contributed by atoms with E-state index >= 15 is 4.39 Å². The van der Waals surface area contributed by atoms with Crippen molar-refractivity contribution >= 4 is 40.8 Å². The van der Waals surface area contributed by atoms with Gasteiger partial charge in [0.2, 0.25) is 5.91 Å². The molecule has 0 bridgehead atoms. The highest BCUT2D eigenvalue weighted by molar-refractivity contribution is 6.03. The number of hydrogen-bond acceptors (Lipinski definition) is 7. The molecule has 0 aliphatic carbocycles. The third-order valence-corrected chi connectivity index (χ3v) is 8.05. The molecular weight excluding hydrogens is 541 g/mol. The third kappa shape index (κ3) is 5.54. The number of benzene rings is 3. The minimum atomic E-state index is -0.613. The Labute approximate surface area is 243 Å². The first-order valence-electron chi connectivity index (χ1n) is 14.0. The Morgan fingerprint density at radius 2 is 1.71 bits per heavy atom. The van der Waals surface area contributed by atoms with Crippen molar-refractivity contribution in [3.63, 3.8) is 0 Å². The summed E-state index contributed by atoms with van der Waals surface area (Å²) in [7, 11) is 1.25. The molecule has 3 aromatic rings. The lowest BCUT2D eigenvalue weighted by molar-refractivity contribution is -0.117. The molecule has 42 heavy (non-hydrogen) atoms. The first-order chi connectivity index (χ1) is 20.4. The molecule has 11 heteroatoms. The van der Waals surface area contributed by atoms with Crippen LogP contribution in [0.1, 0.15) is 17.0 Å². The van der Waals surface area contributed by atoms with Gasteiger partial charge < -0.3 is 29.9 Å². The van der Waals surface area contributed by atoms with Crippen molar-refractivity contribution < 1.29 is 28.2 Å². The molecule has 10 nitrogen and oxygen atoms in total. The van der Waals surface area contributed by atoms with Gasteiger partial charge in [0.15, 0.2) is 0 Å². The van der Waals surface area contributed by atoms with Gasteiger partial charge in [0, 0.05) is 37.6 Å². The summed E-state index contributed by atoms with van der Waals surface area (Å²) in [5.41, 5.74) is 5.02. The molecule has 3 amide bonds. The molecule has 1 unspecified atom stereocenters. The van der Waals surface area contributed by atoms with Gasteiger partial charge >= 0.3 is 12.2 Å². The lowest BCUT2D eigenvalue weighted by atomic mass is 9.93. The highest BCUT2D eigenvalue weighted by atomic mass is 19.1. The molecule has 0 radical (unpaired) electrons. The van der Waals surface area contributed by atoms with Gasteiger partial charge in [-0.15, -0.1) is 0 Å². The van der Waals surface area contributed by atoms with Gasteiger partial charge in [0.1, 0.15) is 11.9 Å². The van der Waals surface area contributed by atoms with Crippen LogP contribution in [0.15, 0.2) is 66.7 Å². The summed E-state index contributed by atoms with van der Waals surface area (Å²) in [5, 5.41) is 5.47. The van der Waals surface area contributed by atoms with Crippen LogP contribution in [0.4, 0.5) is 36.7 Å². The number of amides is 3. The smallest absolute Gasteiger partial charge is 0.414 e. The lowest BCUT2D eigenvalue weighted by Crippen LogP contribution is -2.46. The SMILES string of the molecule is COC(=O)NC[C@H]1CN(c2ccc(N3CCN(c4ccc(CC5C(=O)Nc6ccccc65)cc4)CC3)c(F)c2)C(=O)O1. The predicted molar refractivity (Wildman–Crippen MR) is 157 cm³/mol. The zero-order valence-corrected chi connectivity index (χ0v) is 23.2. The molecule has 3 aliphatic rings. The number of fused-ring (bicyclic) bond motifs is 1. The maximum absolute atomic E-state index is 15.2. The average molecular weight is 574 g/mol. The van der Waals surface area contributed by atoms with Crippen molar-refractivity contribution in [3.05, 3.63) is 83.7 Å². The highest BCUT2D eigenvalue weighted by Crippen LogP contribution is 2.35. The van der Waals surface area contributed by atoms with Crippen molar-refractivity contribution in [2.75, 3.05) is 66.4 Å². The molecule has 2 saturated heterocycles. The summed E-state index contributed by atoms with van der Waals surface area (Å²) in [6.45, 7) is 3.04. The lowest BCUT2D eigenvalue weighted by Gasteiger charge is -2.37. The van der Waals surface area contributed by atoms with Crippen molar-refractivity contribution in [2.45, 2.75) is 18.4 Å². The number of hydrogen-bond donors (Lipinski definition) is 2. The van der Waals surface area contributed by atoms with Gasteiger partial charge in [-0.25, -0.2) is 14.0 Å². The van der Waals surface area contributed by atoms with Crippen LogP contribution in [0.5, 0.6) is 0 Å². The van der Waals surface area contributed by atoms with Gasteiger partial charge in [-0.2, -0.15) is 0 Å². The molecule has 6 rings (SSSR count). The largest absolute Gasteiger partial charge is 0.453 e. The Kier molecular flexibility index (Phi) is 7.56. The number of para-hydroxylation sites is 1. The molecule has 3 aromatic carbocycles. The number of rotatable bonds is 7. The molecule has 0 aromatic heterocycles. The predicted octanol–water partition coefficient (Wildman–Crippen LogP) is 4.11. The van der Waals surface area contributed by atoms with Gasteiger partial charge in [-0.3, -0.25) is 9.69 Å². The summed E-state index contributed by atoms with van der Waals surface area (Å²) in [4.78, 5) is 41.8. The fraction of sp³-hybridized carbons (Fsp3) is 0.323. The normalized spacial score (nSPS) is 19.8. The number of alkyl carbamates (subject to hydrolysis) is 1. The Bertz CT molecular complexity index is 1490. The number of nitrogens with zero attached hydrogens (tertiary/aromatic N) is 3. The second-order valence-electron chi connectivity index (χ2n) is 10.6. The van der Waals surface area contributed by atoms with E-state index in [1.165, 1.54) is 18.1 Å². The monoisotopic (exact) mass is 573 g/mol. The first-order valence-corrected chi connectivity index (χ1v) is 14.0. The zero-order chi connectivity index (χ0) is 29.2. The molecule has 0 saturated carbocycles. The maximum Gasteiger partial charge on any atom is 0.414 e. The zero-order valence-electron chi connectivity index (χ0n) is 23.2. The number of halogens is 1. The van der Waals surface area contributed by atoms with E-state index in [1.807, 2.05) is 29.2 Å². The van der Waals surface area contributed by atoms with Crippen LogP contribution in [-0.2, 0) is 20.7 Å². The average Bonchev–Trinajstić information content (AvgIpc) is 3.54. The minimum absolute atomic E-state index is 0.0363. The minimum Gasteiger partial charge on any atom is -0.453 e. The molecule has 218 valence electrons. The van der Waals surface area contributed by atoms with Crippen molar-refractivity contribution in [1.29, 1.82) is 0 Å². The van der Waals surface area contributed by atoms with Crippen LogP contribution in [0, 0.1) is 5.82 Å². The van der Waals surface area contributed by atoms with Gasteiger partial charge in [0.05, 0.1) is 37.5 Å². The van der Waals surface area contributed by atoms with Crippen LogP contribution in [0.2, 0.25) is 0 Å². The third-order valence-electron chi connectivity index (χ3n) is 8.05. The first kappa shape index (κ1) is 27.4. The van der Waals surface area contributed by atoms with E-state index < -0.39 is 24.1 Å². The van der Waals surface area contributed by atoms with E-state index in [1.54, 1.807) is 12.1 Å². The number of anilines is 4. The van der Waals surface area contributed by atoms with E-state index in [4.69, 9.17) is 4.74 Å². The van der Waals surface area contributed by atoms with Crippen molar-refractivity contribution in [2.24, 2.45) is 0 Å². The fourth-order valence-corrected chi connectivity index (χ4v) is 5.79. The highest BCUT2D eigenvalue weighted by Gasteiger charge is 2.33. The number of cyclic esters (lactones) is 1. The molecule has 2 atom stereocenters. The molecule has 0 spiro atoms. The molecule has 2 N–H and O–H groups in total. The second-order valence-corrected chi connectivity index (χ2v) is 10.6. The number of nitrogens with one attached hydrogen (secondary N) is 2. The Morgan fingerprint density at radius 1 is 1.00 bits per heavy atom. The number of piperazine rings is 1. The Balaban J connectivity index is 1.03. The fourth-order valence-electron chi connectivity index (χ4n) is 5.79. The topological polar surface area (TPSA) is 103 Å². The summed E-state index contributed by atoms with van der Waals surface area (Å²) >= 11 is 0. The molecule has 2 fully saturated rings. The van der Waals surface area contributed by atoms with Crippen LogP contribution >= 0.6 is 0 Å². The Hall–Kier alpha value is -4.80. The standard InChI is InChI=1S/C31H32FN5O5/c1-41-30(39)33-18-23-19-37(31(40)42-23)22-10-11-28(26(32)17-22)36-14-12-35(13-15-36)21-8-6-20(7-9-21)16-25-24-4-2-3-5-27(24)34-29(25)38/h2-11,17,23,25H,12-16,18-19H2,1H3,(H,33,39)(H,34,38)/t23-,25?/m0/s1. The van der Waals surface area contributed by atoms with Crippen LogP contribution in [-0.4, -0.2) is 70.6 Å². The Morgan fingerprint density at radius 3 is 2.45 bits per heavy atom. The van der Waals surface area contributed by atoms with E-state index in [9.17, 15) is 14.4 Å². The molecular formula is C31H32FN5O5. The number of carbonyl (C=O) groups excluding carboxylic acids is 3. The number of methoxy groups -OCH3 is 1. The van der Waals surface area contributed by atoms with Crippen LogP contribution < -0.4 is 25.3 Å². The van der Waals surface area contributed by atoms with Gasteiger partial charge in [-0.1, -0.05) is 30.3 Å². The summed E-state index contributed by atoms with van der Waals surface area (Å²) in [5.74, 6) is -0.557. The maximum atomic E-state index is 15.2. The molecule has 3 heterocycles. The molecule has 3 aliphatic heterocycles.